The van der Waals surface area contributed by atoms with Gasteiger partial charge in [0.25, 0.3) is 0 Å². The van der Waals surface area contributed by atoms with Crippen LogP contribution in [0.1, 0.15) is 49.3 Å². The molecular weight excluding hydrogens is 304 g/mol. The van der Waals surface area contributed by atoms with Crippen molar-refractivity contribution in [2.24, 2.45) is 5.92 Å². The molecule has 4 nitrogen and oxygen atoms in total. The molecule has 0 bridgehead atoms. The summed E-state index contributed by atoms with van der Waals surface area (Å²) in [6, 6.07) is 2.21. The van der Waals surface area contributed by atoms with Crippen molar-refractivity contribution in [1.82, 2.24) is 10.0 Å². The molecule has 0 aromatic carbocycles. The average Bonchev–Trinajstić information content (AvgIpc) is 3.03. The van der Waals surface area contributed by atoms with Crippen molar-refractivity contribution in [1.29, 1.82) is 0 Å². The van der Waals surface area contributed by atoms with E-state index in [0.717, 1.165) is 29.1 Å². The van der Waals surface area contributed by atoms with Gasteiger partial charge < -0.3 is 5.32 Å². The van der Waals surface area contributed by atoms with Crippen molar-refractivity contribution in [3.63, 3.8) is 0 Å². The van der Waals surface area contributed by atoms with E-state index in [9.17, 15) is 8.42 Å². The third-order valence-corrected chi connectivity index (χ3v) is 6.66. The average molecular weight is 331 g/mol. The van der Waals surface area contributed by atoms with Crippen LogP contribution >= 0.6 is 11.3 Å². The van der Waals surface area contributed by atoms with Gasteiger partial charge in [-0.05, 0) is 31.7 Å². The first kappa shape index (κ1) is 16.9. The molecule has 21 heavy (non-hydrogen) atoms. The van der Waals surface area contributed by atoms with Crippen LogP contribution in [0.25, 0.3) is 0 Å². The van der Waals surface area contributed by atoms with Crippen LogP contribution in [0.15, 0.2) is 11.0 Å². The van der Waals surface area contributed by atoms with E-state index in [4.69, 9.17) is 0 Å². The van der Waals surface area contributed by atoms with Crippen molar-refractivity contribution in [2.75, 3.05) is 6.54 Å². The molecule has 1 aliphatic rings. The highest BCUT2D eigenvalue weighted by Gasteiger charge is 2.22. The predicted octanol–water partition coefficient (Wildman–Crippen LogP) is 3.02. The van der Waals surface area contributed by atoms with Crippen molar-refractivity contribution in [2.45, 2.75) is 63.9 Å². The Kier molecular flexibility index (Phi) is 5.82. The van der Waals surface area contributed by atoms with Crippen LogP contribution in [-0.2, 0) is 16.6 Å². The number of hydrogen-bond donors (Lipinski definition) is 2. The van der Waals surface area contributed by atoms with Crippen LogP contribution in [-0.4, -0.2) is 21.0 Å². The minimum atomic E-state index is -3.36. The van der Waals surface area contributed by atoms with Crippen molar-refractivity contribution < 1.29 is 8.42 Å². The first-order valence-electron chi connectivity index (χ1n) is 7.71. The second-order valence-corrected chi connectivity index (χ2v) is 9.25. The van der Waals surface area contributed by atoms with E-state index >= 15 is 0 Å². The molecule has 0 aliphatic heterocycles. The van der Waals surface area contributed by atoms with Crippen LogP contribution < -0.4 is 10.0 Å². The molecule has 0 spiro atoms. The normalized spacial score (nSPS) is 17.0. The number of rotatable bonds is 7. The fraction of sp³-hybridized carbons (Fsp3) is 0.733. The topological polar surface area (TPSA) is 58.2 Å². The van der Waals surface area contributed by atoms with Gasteiger partial charge in [0.2, 0.25) is 10.0 Å². The van der Waals surface area contributed by atoms with Gasteiger partial charge in [0.1, 0.15) is 0 Å². The summed E-state index contributed by atoms with van der Waals surface area (Å²) in [7, 11) is -3.36. The lowest BCUT2D eigenvalue weighted by Crippen LogP contribution is -2.28. The first-order valence-corrected chi connectivity index (χ1v) is 10.0. The highest BCUT2D eigenvalue weighted by Crippen LogP contribution is 2.27. The molecule has 120 valence electrons. The van der Waals surface area contributed by atoms with Gasteiger partial charge in [-0.2, -0.15) is 0 Å². The van der Waals surface area contributed by atoms with Crippen molar-refractivity contribution in [3.8, 4) is 0 Å². The zero-order valence-electron chi connectivity index (χ0n) is 13.1. The summed E-state index contributed by atoms with van der Waals surface area (Å²) in [5, 5.41) is 3.33. The molecule has 1 saturated carbocycles. The van der Waals surface area contributed by atoms with E-state index in [-0.39, 0.29) is 0 Å². The molecule has 6 heteroatoms. The molecule has 1 aromatic rings. The third-order valence-electron chi connectivity index (χ3n) is 3.93. The summed E-state index contributed by atoms with van der Waals surface area (Å²) >= 11 is 1.56. The molecule has 1 heterocycles. The second kappa shape index (κ2) is 7.22. The molecule has 0 amide bonds. The van der Waals surface area contributed by atoms with Gasteiger partial charge in [0, 0.05) is 28.9 Å². The van der Waals surface area contributed by atoms with Gasteiger partial charge in [0.15, 0.2) is 0 Å². The summed E-state index contributed by atoms with van der Waals surface area (Å²) in [5.41, 5.74) is 0. The van der Waals surface area contributed by atoms with Gasteiger partial charge in [-0.15, -0.1) is 11.3 Å². The van der Waals surface area contributed by atoms with E-state index in [1.54, 1.807) is 11.3 Å². The molecule has 0 unspecified atom stereocenters. The Hall–Kier alpha value is -0.430. The minimum Gasteiger partial charge on any atom is -0.310 e. The smallest absolute Gasteiger partial charge is 0.241 e. The lowest BCUT2D eigenvalue weighted by atomic mass is 10.1. The van der Waals surface area contributed by atoms with Crippen LogP contribution in [0.4, 0.5) is 0 Å². The maximum atomic E-state index is 12.4. The van der Waals surface area contributed by atoms with Crippen LogP contribution in [0, 0.1) is 12.8 Å². The summed E-state index contributed by atoms with van der Waals surface area (Å²) < 4.78 is 27.7. The summed E-state index contributed by atoms with van der Waals surface area (Å²) in [5.74, 6) is 0.515. The Morgan fingerprint density at radius 3 is 2.62 bits per heavy atom. The van der Waals surface area contributed by atoms with Crippen LogP contribution in [0.2, 0.25) is 0 Å². The molecule has 0 atom stereocenters. The van der Waals surface area contributed by atoms with Crippen molar-refractivity contribution in [3.05, 3.63) is 15.8 Å². The second-order valence-electron chi connectivity index (χ2n) is 6.17. The van der Waals surface area contributed by atoms with E-state index in [1.807, 2.05) is 13.0 Å². The third kappa shape index (κ3) is 4.77. The summed E-state index contributed by atoms with van der Waals surface area (Å²) in [6.07, 6.45) is 4.76. The van der Waals surface area contributed by atoms with Crippen molar-refractivity contribution >= 4 is 21.4 Å². The van der Waals surface area contributed by atoms with Gasteiger partial charge in [-0.25, -0.2) is 13.1 Å². The molecule has 1 aromatic heterocycles. The van der Waals surface area contributed by atoms with Crippen LogP contribution in [0.3, 0.4) is 0 Å². The van der Waals surface area contributed by atoms with Gasteiger partial charge >= 0.3 is 0 Å². The minimum absolute atomic E-state index is 0.396. The highest BCUT2D eigenvalue weighted by atomic mass is 32.2. The maximum Gasteiger partial charge on any atom is 0.241 e. The first-order chi connectivity index (χ1) is 9.88. The van der Waals surface area contributed by atoms with Crippen LogP contribution in [0.5, 0.6) is 0 Å². The van der Waals surface area contributed by atoms with E-state index in [1.165, 1.54) is 12.8 Å². The Morgan fingerprint density at radius 1 is 1.33 bits per heavy atom. The standard InChI is InChI=1S/C15H26N2O2S2/c1-11(2)16-10-14-8-15(12(3)20-14)21(18,19)17-9-13-6-4-5-7-13/h8,11,13,16-17H,4-7,9-10H2,1-3H3. The quantitative estimate of drug-likeness (QED) is 0.808. The van der Waals surface area contributed by atoms with E-state index in [2.05, 4.69) is 23.9 Å². The number of aryl methyl sites for hydroxylation is 1. The van der Waals surface area contributed by atoms with E-state index < -0.39 is 10.0 Å². The molecule has 1 aliphatic carbocycles. The Morgan fingerprint density at radius 2 is 2.00 bits per heavy atom. The van der Waals surface area contributed by atoms with Gasteiger partial charge in [-0.1, -0.05) is 26.7 Å². The number of sulfonamides is 1. The molecule has 0 saturated heterocycles. The lowest BCUT2D eigenvalue weighted by Gasteiger charge is -2.10. The molecule has 2 N–H and O–H groups in total. The fourth-order valence-corrected chi connectivity index (χ4v) is 5.40. The summed E-state index contributed by atoms with van der Waals surface area (Å²) in [6.45, 7) is 7.36. The predicted molar refractivity (Wildman–Crippen MR) is 88.2 cm³/mol. The van der Waals surface area contributed by atoms with Gasteiger partial charge in [-0.3, -0.25) is 0 Å². The highest BCUT2D eigenvalue weighted by molar-refractivity contribution is 7.89. The SMILES string of the molecule is Cc1sc(CNC(C)C)cc1S(=O)(=O)NCC1CCCC1. The Labute approximate surface area is 132 Å². The number of hydrogen-bond acceptors (Lipinski definition) is 4. The zero-order valence-corrected chi connectivity index (χ0v) is 14.7. The Bertz CT molecular complexity index is 558. The fourth-order valence-electron chi connectivity index (χ4n) is 2.70. The number of thiophene rings is 1. The lowest BCUT2D eigenvalue weighted by molar-refractivity contribution is 0.519. The zero-order chi connectivity index (χ0) is 15.5. The van der Waals surface area contributed by atoms with E-state index in [0.29, 0.717) is 23.4 Å². The molecular formula is C15H26N2O2S2. The van der Waals surface area contributed by atoms with Gasteiger partial charge in [0.05, 0.1) is 4.90 Å². The number of nitrogens with one attached hydrogen (secondary N) is 2. The molecule has 2 rings (SSSR count). The Balaban J connectivity index is 2.01. The monoisotopic (exact) mass is 330 g/mol. The largest absolute Gasteiger partial charge is 0.310 e. The maximum absolute atomic E-state index is 12.4. The molecule has 1 fully saturated rings. The summed E-state index contributed by atoms with van der Waals surface area (Å²) in [4.78, 5) is 2.39. The molecule has 0 radical (unpaired) electrons.